The van der Waals surface area contributed by atoms with Gasteiger partial charge in [0.1, 0.15) is 11.4 Å². The summed E-state index contributed by atoms with van der Waals surface area (Å²) >= 11 is 1.39. The maximum Gasteiger partial charge on any atom is 0.316 e. The maximum atomic E-state index is 12.1. The van der Waals surface area contributed by atoms with E-state index in [9.17, 15) is 4.79 Å². The number of likely N-dealkylation sites (tertiary alicyclic amines) is 1. The number of carbonyl (C=O) groups is 1. The van der Waals surface area contributed by atoms with Crippen LogP contribution >= 0.6 is 11.8 Å². The second-order valence-electron chi connectivity index (χ2n) is 7.83. The van der Waals surface area contributed by atoms with Gasteiger partial charge in [-0.1, -0.05) is 42.1 Å². The number of rotatable bonds is 7. The molecule has 0 saturated carbocycles. The van der Waals surface area contributed by atoms with Gasteiger partial charge in [0, 0.05) is 0 Å². The predicted octanol–water partition coefficient (Wildman–Crippen LogP) is 3.36. The highest BCUT2D eigenvalue weighted by atomic mass is 32.2. The van der Waals surface area contributed by atoms with E-state index < -0.39 is 5.60 Å². The molecule has 7 heteroatoms. The molecule has 1 fully saturated rings. The molecule has 1 aromatic heterocycles. The molecular weight excluding hydrogens is 360 g/mol. The molecule has 1 aliphatic rings. The van der Waals surface area contributed by atoms with Crippen molar-refractivity contribution in [3.05, 3.63) is 41.7 Å². The molecule has 0 N–H and O–H groups in total. The molecule has 2 aromatic rings. The summed E-state index contributed by atoms with van der Waals surface area (Å²) in [4.78, 5) is 14.5. The van der Waals surface area contributed by atoms with Crippen LogP contribution in [0.15, 0.2) is 35.5 Å². The highest BCUT2D eigenvalue weighted by Crippen LogP contribution is 2.22. The summed E-state index contributed by atoms with van der Waals surface area (Å²) in [5, 5.41) is 9.55. The van der Waals surface area contributed by atoms with E-state index >= 15 is 0 Å². The van der Waals surface area contributed by atoms with Crippen LogP contribution in [-0.2, 0) is 22.6 Å². The summed E-state index contributed by atoms with van der Waals surface area (Å²) in [5.74, 6) is 0.948. The molecule has 3 rings (SSSR count). The lowest BCUT2D eigenvalue weighted by Crippen LogP contribution is -2.25. The lowest BCUT2D eigenvalue weighted by Gasteiger charge is -2.19. The zero-order valence-electron chi connectivity index (χ0n) is 16.4. The van der Waals surface area contributed by atoms with Crippen molar-refractivity contribution in [1.29, 1.82) is 0 Å². The Kier molecular flexibility index (Phi) is 6.55. The van der Waals surface area contributed by atoms with Gasteiger partial charge >= 0.3 is 5.97 Å². The highest BCUT2D eigenvalue weighted by molar-refractivity contribution is 7.99. The number of carbonyl (C=O) groups excluding carboxylic acids is 1. The fraction of sp³-hybridized carbons (Fsp3) is 0.550. The fourth-order valence-corrected chi connectivity index (χ4v) is 3.83. The van der Waals surface area contributed by atoms with Gasteiger partial charge in [-0.2, -0.15) is 0 Å². The molecule has 0 amide bonds. The molecule has 0 bridgehead atoms. The Balaban J connectivity index is 1.73. The predicted molar refractivity (Wildman–Crippen MR) is 107 cm³/mol. The number of aromatic nitrogens is 3. The van der Waals surface area contributed by atoms with Crippen LogP contribution in [0.25, 0.3) is 0 Å². The SMILES string of the molecule is CC(C)(C)OC(=O)CSc1nnc(CN2CCCC2)n1Cc1ccccc1. The number of thioether (sulfide) groups is 1. The van der Waals surface area contributed by atoms with E-state index in [4.69, 9.17) is 4.74 Å². The second-order valence-corrected chi connectivity index (χ2v) is 8.77. The Morgan fingerprint density at radius 3 is 2.48 bits per heavy atom. The Morgan fingerprint density at radius 2 is 1.81 bits per heavy atom. The van der Waals surface area contributed by atoms with Crippen LogP contribution in [0.2, 0.25) is 0 Å². The van der Waals surface area contributed by atoms with E-state index in [2.05, 4.69) is 31.8 Å². The number of ether oxygens (including phenoxy) is 1. The van der Waals surface area contributed by atoms with E-state index in [1.807, 2.05) is 39.0 Å². The van der Waals surface area contributed by atoms with Gasteiger partial charge in [-0.25, -0.2) is 0 Å². The third-order valence-electron chi connectivity index (χ3n) is 4.28. The van der Waals surface area contributed by atoms with Gasteiger partial charge in [-0.05, 0) is 52.3 Å². The summed E-state index contributed by atoms with van der Waals surface area (Å²) < 4.78 is 7.53. The minimum atomic E-state index is -0.476. The summed E-state index contributed by atoms with van der Waals surface area (Å²) in [6, 6.07) is 10.3. The van der Waals surface area contributed by atoms with Crippen LogP contribution in [0.1, 0.15) is 45.0 Å². The molecule has 0 radical (unpaired) electrons. The van der Waals surface area contributed by atoms with E-state index in [0.29, 0.717) is 6.54 Å². The van der Waals surface area contributed by atoms with E-state index in [1.54, 1.807) is 0 Å². The molecule has 6 nitrogen and oxygen atoms in total. The number of benzene rings is 1. The quantitative estimate of drug-likeness (QED) is 0.535. The van der Waals surface area contributed by atoms with Gasteiger partial charge in [0.05, 0.1) is 18.8 Å². The maximum absolute atomic E-state index is 12.1. The number of nitrogens with zero attached hydrogens (tertiary/aromatic N) is 4. The van der Waals surface area contributed by atoms with Gasteiger partial charge in [0.15, 0.2) is 5.16 Å². The van der Waals surface area contributed by atoms with Crippen molar-refractivity contribution in [2.24, 2.45) is 0 Å². The van der Waals surface area contributed by atoms with E-state index in [-0.39, 0.29) is 11.7 Å². The van der Waals surface area contributed by atoms with Crippen molar-refractivity contribution in [3.63, 3.8) is 0 Å². The minimum absolute atomic E-state index is 0.230. The molecule has 1 aliphatic heterocycles. The average Bonchev–Trinajstić information content (AvgIpc) is 3.24. The Morgan fingerprint density at radius 1 is 1.11 bits per heavy atom. The smallest absolute Gasteiger partial charge is 0.316 e. The van der Waals surface area contributed by atoms with E-state index in [0.717, 1.165) is 30.6 Å². The van der Waals surface area contributed by atoms with Gasteiger partial charge in [0.25, 0.3) is 0 Å². The number of hydrogen-bond donors (Lipinski definition) is 0. The van der Waals surface area contributed by atoms with Crippen LogP contribution in [0.4, 0.5) is 0 Å². The molecule has 0 aliphatic carbocycles. The van der Waals surface area contributed by atoms with Crippen molar-refractivity contribution >= 4 is 17.7 Å². The standard InChI is InChI=1S/C20H28N4O2S/c1-20(2,3)26-18(25)15-27-19-22-21-17(14-23-11-7-8-12-23)24(19)13-16-9-5-4-6-10-16/h4-6,9-10H,7-8,11-15H2,1-3H3. The van der Waals surface area contributed by atoms with Crippen molar-refractivity contribution in [3.8, 4) is 0 Å². The minimum Gasteiger partial charge on any atom is -0.459 e. The normalized spacial score (nSPS) is 15.2. The summed E-state index contributed by atoms with van der Waals surface area (Å²) in [6.07, 6.45) is 2.49. The summed E-state index contributed by atoms with van der Waals surface area (Å²) in [6.45, 7) is 9.35. The zero-order valence-corrected chi connectivity index (χ0v) is 17.2. The molecule has 0 spiro atoms. The van der Waals surface area contributed by atoms with Crippen molar-refractivity contribution in [2.75, 3.05) is 18.8 Å². The van der Waals surface area contributed by atoms with Crippen molar-refractivity contribution < 1.29 is 9.53 Å². The summed E-state index contributed by atoms with van der Waals surface area (Å²) in [5.41, 5.74) is 0.718. The van der Waals surface area contributed by atoms with Crippen molar-refractivity contribution in [2.45, 2.75) is 57.5 Å². The molecule has 0 atom stereocenters. The van der Waals surface area contributed by atoms with Gasteiger partial charge in [-0.15, -0.1) is 10.2 Å². The lowest BCUT2D eigenvalue weighted by molar-refractivity contribution is -0.151. The Hall–Kier alpha value is -1.86. The molecule has 1 aromatic carbocycles. The monoisotopic (exact) mass is 388 g/mol. The fourth-order valence-electron chi connectivity index (χ4n) is 3.10. The molecule has 27 heavy (non-hydrogen) atoms. The zero-order chi connectivity index (χ0) is 19.3. The summed E-state index contributed by atoms with van der Waals surface area (Å²) in [7, 11) is 0. The van der Waals surface area contributed by atoms with Crippen LogP contribution in [0, 0.1) is 0 Å². The molecule has 2 heterocycles. The lowest BCUT2D eigenvalue weighted by atomic mass is 10.2. The first kappa shape index (κ1) is 19.9. The van der Waals surface area contributed by atoms with Gasteiger partial charge in [-0.3, -0.25) is 9.69 Å². The molecule has 0 unspecified atom stereocenters. The molecule has 146 valence electrons. The van der Waals surface area contributed by atoms with Gasteiger partial charge < -0.3 is 9.30 Å². The van der Waals surface area contributed by atoms with Crippen molar-refractivity contribution in [1.82, 2.24) is 19.7 Å². The second kappa shape index (κ2) is 8.89. The van der Waals surface area contributed by atoms with E-state index in [1.165, 1.54) is 30.2 Å². The average molecular weight is 389 g/mol. The number of esters is 1. The van der Waals surface area contributed by atoms with Gasteiger partial charge in [0.2, 0.25) is 0 Å². The topological polar surface area (TPSA) is 60.2 Å². The number of hydrogen-bond acceptors (Lipinski definition) is 6. The highest BCUT2D eigenvalue weighted by Gasteiger charge is 2.21. The third-order valence-corrected chi connectivity index (χ3v) is 5.22. The molecular formula is C20H28N4O2S. The third kappa shape index (κ3) is 6.07. The first-order valence-corrected chi connectivity index (χ1v) is 10.4. The van der Waals surface area contributed by atoms with Crippen LogP contribution < -0.4 is 0 Å². The largest absolute Gasteiger partial charge is 0.459 e. The van der Waals surface area contributed by atoms with Crippen LogP contribution in [0.3, 0.4) is 0 Å². The first-order chi connectivity index (χ1) is 12.9. The van der Waals surface area contributed by atoms with Crippen LogP contribution in [-0.4, -0.2) is 50.1 Å². The van der Waals surface area contributed by atoms with Crippen LogP contribution in [0.5, 0.6) is 0 Å². The molecule has 1 saturated heterocycles. The Labute approximate surface area is 165 Å². The first-order valence-electron chi connectivity index (χ1n) is 9.44. The Bertz CT molecular complexity index is 749.